The van der Waals surface area contributed by atoms with Crippen molar-refractivity contribution in [2.45, 2.75) is 51.4 Å². The molecule has 0 saturated heterocycles. The van der Waals surface area contributed by atoms with E-state index in [0.29, 0.717) is 12.8 Å². The molecule has 0 aromatic heterocycles. The van der Waals surface area contributed by atoms with Crippen molar-refractivity contribution >= 4 is 17.6 Å². The number of nitrogens with one attached hydrogen (secondary N) is 1. The Balaban J connectivity index is 2.12. The number of carbonyl (C=O) groups is 2. The quantitative estimate of drug-likeness (QED) is 0.702. The minimum Gasteiger partial charge on any atom is -0.485 e. The molecule has 0 atom stereocenters. The number of anilines is 1. The second-order valence-electron chi connectivity index (χ2n) is 6.57. The molecule has 2 rings (SSSR count). The lowest BCUT2D eigenvalue weighted by Gasteiger charge is -2.27. The lowest BCUT2D eigenvalue weighted by molar-refractivity contribution is -0.152. The number of aliphatic carboxylic acids is 1. The first-order valence-electron chi connectivity index (χ1n) is 8.56. The van der Waals surface area contributed by atoms with E-state index in [2.05, 4.69) is 5.32 Å². The summed E-state index contributed by atoms with van der Waals surface area (Å²) in [5.74, 6) is -2.49. The van der Waals surface area contributed by atoms with Crippen molar-refractivity contribution in [3.05, 3.63) is 24.0 Å². The van der Waals surface area contributed by atoms with E-state index in [9.17, 15) is 27.9 Å². The van der Waals surface area contributed by atoms with Gasteiger partial charge in [0.2, 0.25) is 5.91 Å². The fourth-order valence-electron chi connectivity index (χ4n) is 3.24. The fourth-order valence-corrected chi connectivity index (χ4v) is 3.24. The molecule has 8 heteroatoms. The predicted octanol–water partition coefficient (Wildman–Crippen LogP) is 4.22. The predicted molar refractivity (Wildman–Crippen MR) is 88.9 cm³/mol. The van der Waals surface area contributed by atoms with Crippen molar-refractivity contribution < 1.29 is 32.6 Å². The third-order valence-electron chi connectivity index (χ3n) is 4.60. The van der Waals surface area contributed by atoms with Crippen molar-refractivity contribution in [1.29, 1.82) is 0 Å². The van der Waals surface area contributed by atoms with E-state index in [4.69, 9.17) is 4.74 Å². The molecule has 0 heterocycles. The van der Waals surface area contributed by atoms with Gasteiger partial charge in [-0.15, -0.1) is 0 Å². The van der Waals surface area contributed by atoms with Gasteiger partial charge in [0.05, 0.1) is 11.1 Å². The highest BCUT2D eigenvalue weighted by Crippen LogP contribution is 2.39. The summed E-state index contributed by atoms with van der Waals surface area (Å²) in [4.78, 5) is 24.2. The highest BCUT2D eigenvalue weighted by molar-refractivity contribution is 5.95. The summed E-state index contributed by atoms with van der Waals surface area (Å²) < 4.78 is 42.8. The van der Waals surface area contributed by atoms with Gasteiger partial charge in [-0.25, -0.2) is 13.2 Å². The number of carbonyl (C=O) groups excluding carboxylic acids is 1. The molecule has 1 aromatic carbocycles. The summed E-state index contributed by atoms with van der Waals surface area (Å²) in [5, 5.41) is 12.1. The van der Waals surface area contributed by atoms with E-state index in [1.54, 1.807) is 0 Å². The lowest BCUT2D eigenvalue weighted by atomic mass is 9.77. The molecule has 0 spiro atoms. The van der Waals surface area contributed by atoms with Crippen LogP contribution in [0, 0.1) is 11.2 Å². The third kappa shape index (κ3) is 5.37. The van der Waals surface area contributed by atoms with Gasteiger partial charge in [-0.05, 0) is 25.0 Å². The van der Waals surface area contributed by atoms with E-state index < -0.39 is 36.1 Å². The number of halogens is 3. The molecule has 1 saturated carbocycles. The van der Waals surface area contributed by atoms with Crippen LogP contribution in [-0.4, -0.2) is 30.0 Å². The Hall–Kier alpha value is -2.25. The molecule has 26 heavy (non-hydrogen) atoms. The van der Waals surface area contributed by atoms with Crippen LogP contribution in [0.25, 0.3) is 0 Å². The molecular formula is C18H22F3NO4. The van der Waals surface area contributed by atoms with E-state index in [1.165, 1.54) is 6.07 Å². The van der Waals surface area contributed by atoms with Crippen LogP contribution in [0.2, 0.25) is 0 Å². The summed E-state index contributed by atoms with van der Waals surface area (Å²) in [6.07, 6.45) is 1.18. The van der Waals surface area contributed by atoms with Crippen molar-refractivity contribution in [1.82, 2.24) is 0 Å². The summed E-state index contributed by atoms with van der Waals surface area (Å²) in [6.45, 7) is -0.939. The van der Waals surface area contributed by atoms with E-state index in [1.807, 2.05) is 0 Å². The summed E-state index contributed by atoms with van der Waals surface area (Å²) in [5.41, 5.74) is -1.10. The minimum atomic E-state index is -2.75. The van der Waals surface area contributed by atoms with Crippen LogP contribution < -0.4 is 10.1 Å². The Morgan fingerprint density at radius 2 is 1.85 bits per heavy atom. The highest BCUT2D eigenvalue weighted by Gasteiger charge is 2.40. The second kappa shape index (κ2) is 8.91. The number of ether oxygens (including phenoxy) is 1. The van der Waals surface area contributed by atoms with Crippen LogP contribution in [0.15, 0.2) is 18.2 Å². The van der Waals surface area contributed by atoms with Gasteiger partial charge in [-0.3, -0.25) is 9.59 Å². The first-order valence-corrected chi connectivity index (χ1v) is 8.56. The molecule has 0 unspecified atom stereocenters. The van der Waals surface area contributed by atoms with Crippen LogP contribution in [0.3, 0.4) is 0 Å². The summed E-state index contributed by atoms with van der Waals surface area (Å²) in [6, 6.07) is 3.16. The Morgan fingerprint density at radius 3 is 2.42 bits per heavy atom. The van der Waals surface area contributed by atoms with Crippen LogP contribution in [-0.2, 0) is 9.59 Å². The van der Waals surface area contributed by atoms with Gasteiger partial charge >= 0.3 is 5.97 Å². The molecule has 0 aliphatic heterocycles. The van der Waals surface area contributed by atoms with Crippen molar-refractivity contribution in [2.24, 2.45) is 5.41 Å². The van der Waals surface area contributed by atoms with Crippen LogP contribution in [0.1, 0.15) is 44.9 Å². The second-order valence-corrected chi connectivity index (χ2v) is 6.57. The number of carboxylic acids is 1. The zero-order valence-electron chi connectivity index (χ0n) is 14.3. The molecule has 1 aliphatic carbocycles. The lowest BCUT2D eigenvalue weighted by Crippen LogP contribution is -2.35. The standard InChI is InChI=1S/C18H22F3NO4/c19-12-5-6-13(14(9-12)26-11-15(20)21)22-16(23)10-18(17(24)25)7-3-1-2-4-8-18/h5-6,9,15H,1-4,7-8,10-11H2,(H,22,23)(H,24,25). The molecular weight excluding hydrogens is 351 g/mol. The number of amides is 1. The van der Waals surface area contributed by atoms with Gasteiger partial charge in [0.1, 0.15) is 18.2 Å². The van der Waals surface area contributed by atoms with Gasteiger partial charge < -0.3 is 15.2 Å². The molecule has 0 radical (unpaired) electrons. The van der Waals surface area contributed by atoms with Gasteiger partial charge in [0.25, 0.3) is 6.43 Å². The summed E-state index contributed by atoms with van der Waals surface area (Å²) >= 11 is 0. The van der Waals surface area contributed by atoms with Crippen LogP contribution in [0.5, 0.6) is 5.75 Å². The zero-order valence-corrected chi connectivity index (χ0v) is 14.3. The Kier molecular flexibility index (Phi) is 6.88. The van der Waals surface area contributed by atoms with Crippen molar-refractivity contribution in [3.8, 4) is 5.75 Å². The number of hydrogen-bond donors (Lipinski definition) is 2. The van der Waals surface area contributed by atoms with Crippen molar-refractivity contribution in [3.63, 3.8) is 0 Å². The van der Waals surface area contributed by atoms with Crippen LogP contribution >= 0.6 is 0 Å². The monoisotopic (exact) mass is 373 g/mol. The van der Waals surface area contributed by atoms with Gasteiger partial charge in [0, 0.05) is 12.5 Å². The Labute approximate surface area is 149 Å². The maximum absolute atomic E-state index is 13.3. The number of carboxylic acid groups (broad SMARTS) is 1. The molecule has 1 amide bonds. The van der Waals surface area contributed by atoms with E-state index >= 15 is 0 Å². The maximum atomic E-state index is 13.3. The molecule has 2 N–H and O–H groups in total. The van der Waals surface area contributed by atoms with Crippen LogP contribution in [0.4, 0.5) is 18.9 Å². The highest BCUT2D eigenvalue weighted by atomic mass is 19.3. The number of alkyl halides is 2. The fraction of sp³-hybridized carbons (Fsp3) is 0.556. The molecule has 144 valence electrons. The summed E-state index contributed by atoms with van der Waals surface area (Å²) in [7, 11) is 0. The number of benzene rings is 1. The number of hydrogen-bond acceptors (Lipinski definition) is 3. The first-order chi connectivity index (χ1) is 12.3. The van der Waals surface area contributed by atoms with Gasteiger partial charge in [0.15, 0.2) is 0 Å². The smallest absolute Gasteiger partial charge is 0.310 e. The first kappa shape index (κ1) is 20.1. The third-order valence-corrected chi connectivity index (χ3v) is 4.60. The van der Waals surface area contributed by atoms with Gasteiger partial charge in [-0.2, -0.15) is 0 Å². The maximum Gasteiger partial charge on any atom is 0.310 e. The molecule has 1 aromatic rings. The van der Waals surface area contributed by atoms with Crippen molar-refractivity contribution in [2.75, 3.05) is 11.9 Å². The average molecular weight is 373 g/mol. The number of rotatable bonds is 7. The van der Waals surface area contributed by atoms with E-state index in [-0.39, 0.29) is 17.9 Å². The largest absolute Gasteiger partial charge is 0.485 e. The normalized spacial score (nSPS) is 16.8. The zero-order chi connectivity index (χ0) is 19.2. The molecule has 0 bridgehead atoms. The Morgan fingerprint density at radius 1 is 1.19 bits per heavy atom. The molecule has 1 aliphatic rings. The minimum absolute atomic E-state index is 0.0335. The Bertz CT molecular complexity index is 643. The topological polar surface area (TPSA) is 75.6 Å². The molecule has 1 fully saturated rings. The SMILES string of the molecule is O=C(CC1(C(=O)O)CCCCCC1)Nc1ccc(F)cc1OCC(F)F. The van der Waals surface area contributed by atoms with E-state index in [0.717, 1.165) is 37.8 Å². The van der Waals surface area contributed by atoms with Gasteiger partial charge in [-0.1, -0.05) is 25.7 Å². The average Bonchev–Trinajstić information content (AvgIpc) is 2.81. The molecule has 5 nitrogen and oxygen atoms in total.